The molecule has 186 valence electrons. The second kappa shape index (κ2) is 10.0. The molecule has 9 nitrogen and oxygen atoms in total. The molecule has 3 heterocycles. The van der Waals surface area contributed by atoms with E-state index in [1.54, 1.807) is 28.9 Å². The molecule has 4 aromatic rings. The number of para-hydroxylation sites is 2. The van der Waals surface area contributed by atoms with Crippen LogP contribution in [0.25, 0.3) is 27.6 Å². The molecule has 0 unspecified atom stereocenters. The molecule has 0 radical (unpaired) electrons. The zero-order valence-electron chi connectivity index (χ0n) is 19.6. The van der Waals surface area contributed by atoms with Crippen LogP contribution in [-0.2, 0) is 9.53 Å². The highest BCUT2D eigenvalue weighted by Gasteiger charge is 2.26. The monoisotopic (exact) mass is 509 g/mol. The van der Waals surface area contributed by atoms with Gasteiger partial charge >= 0.3 is 6.09 Å². The van der Waals surface area contributed by atoms with Crippen LogP contribution in [0.5, 0.6) is 0 Å². The van der Waals surface area contributed by atoms with Gasteiger partial charge in [0.05, 0.1) is 18.0 Å². The smallest absolute Gasteiger partial charge is 0.409 e. The van der Waals surface area contributed by atoms with Gasteiger partial charge in [0.25, 0.3) is 5.56 Å². The van der Waals surface area contributed by atoms with Crippen LogP contribution in [0.3, 0.4) is 0 Å². The van der Waals surface area contributed by atoms with Crippen molar-refractivity contribution in [2.24, 2.45) is 0 Å². The third kappa shape index (κ3) is 4.41. The topological polar surface area (TPSA) is 101 Å². The van der Waals surface area contributed by atoms with Gasteiger partial charge < -0.3 is 19.5 Å². The molecule has 11 heteroatoms. The molecule has 0 bridgehead atoms. The van der Waals surface area contributed by atoms with Gasteiger partial charge in [-0.1, -0.05) is 42.1 Å². The molecule has 0 atom stereocenters. The molecule has 1 aliphatic rings. The van der Waals surface area contributed by atoms with E-state index in [9.17, 15) is 18.8 Å². The molecule has 36 heavy (non-hydrogen) atoms. The third-order valence-electron chi connectivity index (χ3n) is 6.07. The molecule has 0 saturated carbocycles. The van der Waals surface area contributed by atoms with Crippen molar-refractivity contribution in [3.8, 4) is 5.69 Å². The predicted molar refractivity (Wildman–Crippen MR) is 135 cm³/mol. The van der Waals surface area contributed by atoms with E-state index >= 15 is 0 Å². The fourth-order valence-corrected chi connectivity index (χ4v) is 5.16. The van der Waals surface area contributed by atoms with Gasteiger partial charge in [0.2, 0.25) is 5.91 Å². The number of H-pyrrole nitrogens is 1. The number of piperazine rings is 1. The van der Waals surface area contributed by atoms with Gasteiger partial charge in [0.1, 0.15) is 16.9 Å². The van der Waals surface area contributed by atoms with Gasteiger partial charge in [0.15, 0.2) is 5.16 Å². The minimum atomic E-state index is -0.569. The number of aromatic nitrogens is 3. The van der Waals surface area contributed by atoms with Gasteiger partial charge in [-0.3, -0.25) is 14.2 Å². The summed E-state index contributed by atoms with van der Waals surface area (Å²) in [7, 11) is 0. The molecular formula is C25H24FN5O4S. The summed E-state index contributed by atoms with van der Waals surface area (Å²) >= 11 is 1.08. The van der Waals surface area contributed by atoms with Crippen LogP contribution in [0.2, 0.25) is 0 Å². The van der Waals surface area contributed by atoms with Gasteiger partial charge in [0, 0.05) is 37.1 Å². The van der Waals surface area contributed by atoms with Crippen LogP contribution in [0.4, 0.5) is 9.18 Å². The number of thioether (sulfide) groups is 1. The predicted octanol–water partition coefficient (Wildman–Crippen LogP) is 3.40. The van der Waals surface area contributed by atoms with E-state index in [1.807, 2.05) is 24.3 Å². The number of fused-ring (bicyclic) bond motifs is 3. The Morgan fingerprint density at radius 2 is 1.75 bits per heavy atom. The lowest BCUT2D eigenvalue weighted by Crippen LogP contribution is -2.51. The van der Waals surface area contributed by atoms with Crippen molar-refractivity contribution < 1.29 is 18.7 Å². The summed E-state index contributed by atoms with van der Waals surface area (Å²) in [4.78, 5) is 49.5. The maximum absolute atomic E-state index is 14.8. The number of hydrogen-bond donors (Lipinski definition) is 1. The summed E-state index contributed by atoms with van der Waals surface area (Å²) in [6, 6.07) is 13.4. The summed E-state index contributed by atoms with van der Waals surface area (Å²) in [6.45, 7) is 3.58. The number of rotatable bonds is 5. The molecule has 0 aliphatic carbocycles. The first-order chi connectivity index (χ1) is 17.5. The molecule has 2 aromatic heterocycles. The highest BCUT2D eigenvalue weighted by molar-refractivity contribution is 7.99. The van der Waals surface area contributed by atoms with E-state index in [0.29, 0.717) is 38.3 Å². The average molecular weight is 510 g/mol. The van der Waals surface area contributed by atoms with Gasteiger partial charge in [-0.15, -0.1) is 0 Å². The molecular weight excluding hydrogens is 485 g/mol. The first-order valence-electron chi connectivity index (χ1n) is 11.6. The van der Waals surface area contributed by atoms with E-state index in [0.717, 1.165) is 22.7 Å². The number of ether oxygens (including phenoxy) is 1. The number of benzene rings is 2. The Balaban J connectivity index is 1.44. The fourth-order valence-electron chi connectivity index (χ4n) is 4.26. The lowest BCUT2D eigenvalue weighted by atomic mass is 10.2. The summed E-state index contributed by atoms with van der Waals surface area (Å²) in [5.74, 6) is -0.717. The van der Waals surface area contributed by atoms with Crippen LogP contribution < -0.4 is 5.56 Å². The van der Waals surface area contributed by atoms with Crippen molar-refractivity contribution >= 4 is 45.7 Å². The third-order valence-corrected chi connectivity index (χ3v) is 6.99. The summed E-state index contributed by atoms with van der Waals surface area (Å²) in [5.41, 5.74) is 1.11. The van der Waals surface area contributed by atoms with Gasteiger partial charge in [-0.25, -0.2) is 14.2 Å². The second-order valence-corrected chi connectivity index (χ2v) is 9.18. The van der Waals surface area contributed by atoms with Crippen LogP contribution in [0.1, 0.15) is 6.92 Å². The largest absolute Gasteiger partial charge is 0.450 e. The maximum atomic E-state index is 14.8. The van der Waals surface area contributed by atoms with E-state index < -0.39 is 11.4 Å². The summed E-state index contributed by atoms with van der Waals surface area (Å²) < 4.78 is 21.0. The molecule has 2 aromatic carbocycles. The zero-order chi connectivity index (χ0) is 25.2. The first-order valence-corrected chi connectivity index (χ1v) is 12.6. The van der Waals surface area contributed by atoms with Crippen LogP contribution in [-0.4, -0.2) is 74.9 Å². The minimum absolute atomic E-state index is 0.00810. The molecule has 5 rings (SSSR count). The molecule has 1 fully saturated rings. The second-order valence-electron chi connectivity index (χ2n) is 8.24. The van der Waals surface area contributed by atoms with E-state index in [2.05, 4.69) is 4.98 Å². The Kier molecular flexibility index (Phi) is 6.64. The van der Waals surface area contributed by atoms with Crippen molar-refractivity contribution in [2.75, 3.05) is 38.5 Å². The van der Waals surface area contributed by atoms with Crippen molar-refractivity contribution in [2.45, 2.75) is 12.1 Å². The standard InChI is InChI=1S/C25H24FN5O4S/c1-2-35-25(34)30-13-11-29(12-14-30)20(32)15-36-24-28-21-16-7-3-5-9-18(16)27-22(21)23(33)31(24)19-10-6-4-8-17(19)26/h3-10,27H,2,11-15H2,1H3. The highest BCUT2D eigenvalue weighted by atomic mass is 32.2. The normalized spacial score (nSPS) is 13.9. The number of aromatic amines is 1. The zero-order valence-corrected chi connectivity index (χ0v) is 20.4. The number of hydrogen-bond acceptors (Lipinski definition) is 6. The number of nitrogens with zero attached hydrogens (tertiary/aromatic N) is 4. The SMILES string of the molecule is CCOC(=O)N1CCN(C(=O)CSc2nc3c([nH]c4ccccc43)c(=O)n2-c2ccccc2F)CC1. The van der Waals surface area contributed by atoms with Crippen molar-refractivity contribution in [3.63, 3.8) is 0 Å². The number of nitrogens with one attached hydrogen (secondary N) is 1. The Hall–Kier alpha value is -3.86. The number of carbonyl (C=O) groups is 2. The molecule has 1 aliphatic heterocycles. The number of halogens is 1. The Morgan fingerprint density at radius 3 is 2.50 bits per heavy atom. The molecule has 1 saturated heterocycles. The fraction of sp³-hybridized carbons (Fsp3) is 0.280. The lowest BCUT2D eigenvalue weighted by Gasteiger charge is -2.34. The van der Waals surface area contributed by atoms with Crippen LogP contribution in [0.15, 0.2) is 58.5 Å². The Bertz CT molecular complexity index is 1510. The van der Waals surface area contributed by atoms with Crippen LogP contribution in [0, 0.1) is 5.82 Å². The number of carbonyl (C=O) groups excluding carboxylic acids is 2. The molecule has 0 spiro atoms. The van der Waals surface area contributed by atoms with E-state index in [4.69, 9.17) is 9.72 Å². The highest BCUT2D eigenvalue weighted by Crippen LogP contribution is 2.27. The van der Waals surface area contributed by atoms with Gasteiger partial charge in [-0.2, -0.15) is 0 Å². The average Bonchev–Trinajstić information content (AvgIpc) is 3.27. The van der Waals surface area contributed by atoms with Crippen molar-refractivity contribution in [1.82, 2.24) is 24.3 Å². The quantitative estimate of drug-likeness (QED) is 0.327. The minimum Gasteiger partial charge on any atom is -0.450 e. The van der Waals surface area contributed by atoms with E-state index in [-0.39, 0.29) is 34.1 Å². The van der Waals surface area contributed by atoms with Crippen LogP contribution >= 0.6 is 11.8 Å². The number of amides is 2. The Labute approximate surface area is 209 Å². The summed E-state index contributed by atoms with van der Waals surface area (Å²) in [6.07, 6.45) is -0.385. The Morgan fingerprint density at radius 1 is 1.06 bits per heavy atom. The first kappa shape index (κ1) is 23.9. The van der Waals surface area contributed by atoms with E-state index in [1.165, 1.54) is 16.7 Å². The van der Waals surface area contributed by atoms with Crippen molar-refractivity contribution in [3.05, 3.63) is 64.7 Å². The molecule has 1 N–H and O–H groups in total. The summed E-state index contributed by atoms with van der Waals surface area (Å²) in [5, 5.41) is 0.995. The van der Waals surface area contributed by atoms with Crippen molar-refractivity contribution in [1.29, 1.82) is 0 Å². The maximum Gasteiger partial charge on any atom is 0.409 e. The molecule has 2 amide bonds. The lowest BCUT2D eigenvalue weighted by molar-refractivity contribution is -0.129. The van der Waals surface area contributed by atoms with Gasteiger partial charge in [-0.05, 0) is 25.1 Å².